The number of anilines is 2. The lowest BCUT2D eigenvalue weighted by Gasteiger charge is -2.07. The molecule has 4 aromatic carbocycles. The Kier molecular flexibility index (Phi) is 9.21. The number of benzene rings is 4. The predicted molar refractivity (Wildman–Crippen MR) is 163 cm³/mol. The molecule has 0 aliphatic carbocycles. The molecule has 196 valence electrons. The molecule has 39 heavy (non-hydrogen) atoms. The lowest BCUT2D eigenvalue weighted by atomic mass is 10.1. The molecule has 0 aliphatic rings. The standard InChI is InChI=1S/C32H30N4O2S/c1-25(21-27-9-5-3-6-10-27)23-33-35-29-13-17-31(18-14-29)39(37,38)32-19-15-30(16-20-32)36-34-24-26(2)22-28-11-7-4-8-12-28/h3-24,35-36H,1-2H3/b25-21+,26-22?,33-23+,34-24+. The van der Waals surface area contributed by atoms with E-state index < -0.39 is 9.84 Å². The highest BCUT2D eigenvalue weighted by Gasteiger charge is 2.17. The van der Waals surface area contributed by atoms with Gasteiger partial charge >= 0.3 is 0 Å². The van der Waals surface area contributed by atoms with Crippen LogP contribution in [0.3, 0.4) is 0 Å². The Morgan fingerprint density at radius 3 is 1.28 bits per heavy atom. The molecule has 0 amide bonds. The minimum atomic E-state index is -3.66. The van der Waals surface area contributed by atoms with E-state index in [9.17, 15) is 8.42 Å². The van der Waals surface area contributed by atoms with E-state index in [2.05, 4.69) is 21.1 Å². The van der Waals surface area contributed by atoms with Crippen molar-refractivity contribution in [1.29, 1.82) is 0 Å². The van der Waals surface area contributed by atoms with Gasteiger partial charge in [-0.2, -0.15) is 10.2 Å². The second kappa shape index (κ2) is 13.2. The van der Waals surface area contributed by atoms with E-state index in [1.165, 1.54) is 0 Å². The molecular formula is C32H30N4O2S. The molecule has 0 unspecified atom stereocenters. The number of rotatable bonds is 10. The third-order valence-electron chi connectivity index (χ3n) is 5.64. The fourth-order valence-electron chi connectivity index (χ4n) is 3.67. The molecule has 4 rings (SSSR count). The smallest absolute Gasteiger partial charge is 0.206 e. The third kappa shape index (κ3) is 8.12. The van der Waals surface area contributed by atoms with E-state index in [1.54, 1.807) is 61.0 Å². The van der Waals surface area contributed by atoms with Crippen LogP contribution in [-0.2, 0) is 9.84 Å². The number of hydrogen-bond acceptors (Lipinski definition) is 6. The number of nitrogens with zero attached hydrogens (tertiary/aromatic N) is 2. The molecule has 0 fully saturated rings. The van der Waals surface area contributed by atoms with Crippen molar-refractivity contribution < 1.29 is 8.42 Å². The molecular weight excluding hydrogens is 504 g/mol. The predicted octanol–water partition coefficient (Wildman–Crippen LogP) is 7.52. The second-order valence-corrected chi connectivity index (χ2v) is 10.8. The maximum absolute atomic E-state index is 13.1. The van der Waals surface area contributed by atoms with Crippen LogP contribution in [0.1, 0.15) is 25.0 Å². The minimum Gasteiger partial charge on any atom is -0.279 e. The van der Waals surface area contributed by atoms with Crippen molar-refractivity contribution in [2.75, 3.05) is 10.9 Å². The molecule has 6 nitrogen and oxygen atoms in total. The fraction of sp³-hybridized carbons (Fsp3) is 0.0625. The Morgan fingerprint density at radius 2 is 0.923 bits per heavy atom. The monoisotopic (exact) mass is 534 g/mol. The van der Waals surface area contributed by atoms with E-state index in [0.717, 1.165) is 22.3 Å². The largest absolute Gasteiger partial charge is 0.279 e. The average Bonchev–Trinajstić information content (AvgIpc) is 2.95. The quantitative estimate of drug-likeness (QED) is 0.163. The van der Waals surface area contributed by atoms with Crippen LogP contribution < -0.4 is 10.9 Å². The van der Waals surface area contributed by atoms with E-state index in [1.807, 2.05) is 86.7 Å². The van der Waals surface area contributed by atoms with Crippen LogP contribution in [0.2, 0.25) is 0 Å². The molecule has 0 aromatic heterocycles. The number of hydrazone groups is 2. The van der Waals surface area contributed by atoms with Gasteiger partial charge in [-0.1, -0.05) is 72.8 Å². The van der Waals surface area contributed by atoms with Crippen molar-refractivity contribution in [3.05, 3.63) is 131 Å². The SMILES string of the molecule is CC(=Cc1ccccc1)/C=N/Nc1ccc(S(=O)(=O)c2ccc(N/N=C/C(C)=C/c3ccccc3)cc2)cc1. The number of allylic oxidation sites excluding steroid dienone is 2. The van der Waals surface area contributed by atoms with Gasteiger partial charge in [0.2, 0.25) is 9.84 Å². The molecule has 0 bridgehead atoms. The highest BCUT2D eigenvalue weighted by Crippen LogP contribution is 2.24. The van der Waals surface area contributed by atoms with Crippen molar-refractivity contribution in [3.63, 3.8) is 0 Å². The Morgan fingerprint density at radius 1 is 0.564 bits per heavy atom. The topological polar surface area (TPSA) is 82.9 Å². The number of sulfone groups is 1. The summed E-state index contributed by atoms with van der Waals surface area (Å²) in [5.41, 5.74) is 11.4. The average molecular weight is 535 g/mol. The van der Waals surface area contributed by atoms with Crippen LogP contribution in [0.4, 0.5) is 11.4 Å². The van der Waals surface area contributed by atoms with E-state index in [4.69, 9.17) is 0 Å². The Labute approximate surface area is 230 Å². The molecule has 0 saturated carbocycles. The molecule has 0 spiro atoms. The number of nitrogens with one attached hydrogen (secondary N) is 2. The van der Waals surface area contributed by atoms with Crippen LogP contribution in [0.25, 0.3) is 12.2 Å². The summed E-state index contributed by atoms with van der Waals surface area (Å²) in [7, 11) is -3.66. The maximum atomic E-state index is 13.1. The molecule has 7 heteroatoms. The van der Waals surface area contributed by atoms with E-state index in [-0.39, 0.29) is 9.79 Å². The van der Waals surface area contributed by atoms with Gasteiger partial charge in [-0.15, -0.1) is 0 Å². The van der Waals surface area contributed by atoms with Gasteiger partial charge in [0.25, 0.3) is 0 Å². The summed E-state index contributed by atoms with van der Waals surface area (Å²) in [6.45, 7) is 3.93. The second-order valence-electron chi connectivity index (χ2n) is 8.89. The van der Waals surface area contributed by atoms with Crippen LogP contribution in [0.5, 0.6) is 0 Å². The van der Waals surface area contributed by atoms with Gasteiger partial charge in [0.1, 0.15) is 0 Å². The van der Waals surface area contributed by atoms with E-state index >= 15 is 0 Å². The first kappa shape index (κ1) is 27.3. The van der Waals surface area contributed by atoms with Crippen LogP contribution in [0.15, 0.2) is 140 Å². The molecule has 0 aliphatic heterocycles. The Balaban J connectivity index is 1.34. The molecule has 0 saturated heterocycles. The Hall–Kier alpha value is -4.75. The van der Waals surface area contributed by atoms with Gasteiger partial charge in [0, 0.05) is 0 Å². The van der Waals surface area contributed by atoms with Crippen molar-refractivity contribution in [1.82, 2.24) is 0 Å². The van der Waals surface area contributed by atoms with Gasteiger partial charge < -0.3 is 0 Å². The highest BCUT2D eigenvalue weighted by atomic mass is 32.2. The van der Waals surface area contributed by atoms with Gasteiger partial charge in [-0.3, -0.25) is 10.9 Å². The minimum absolute atomic E-state index is 0.206. The molecule has 4 aromatic rings. The van der Waals surface area contributed by atoms with Gasteiger partial charge in [0.15, 0.2) is 0 Å². The Bertz CT molecular complexity index is 1470. The molecule has 0 radical (unpaired) electrons. The summed E-state index contributed by atoms with van der Waals surface area (Å²) in [5.74, 6) is 0. The summed E-state index contributed by atoms with van der Waals surface area (Å²) < 4.78 is 26.2. The zero-order chi connectivity index (χ0) is 27.5. The van der Waals surface area contributed by atoms with Gasteiger partial charge in [0.05, 0.1) is 33.6 Å². The summed E-state index contributed by atoms with van der Waals surface area (Å²) in [4.78, 5) is 0.412. The van der Waals surface area contributed by atoms with Crippen LogP contribution >= 0.6 is 0 Å². The molecule has 0 heterocycles. The first-order valence-corrected chi connectivity index (χ1v) is 13.9. The molecule has 0 atom stereocenters. The van der Waals surface area contributed by atoms with Gasteiger partial charge in [-0.05, 0) is 84.7 Å². The fourth-order valence-corrected chi connectivity index (χ4v) is 4.93. The first-order valence-electron chi connectivity index (χ1n) is 12.4. The summed E-state index contributed by atoms with van der Waals surface area (Å²) in [6, 6.07) is 33.0. The van der Waals surface area contributed by atoms with Crippen LogP contribution in [-0.4, -0.2) is 20.8 Å². The van der Waals surface area contributed by atoms with Crippen molar-refractivity contribution in [3.8, 4) is 0 Å². The van der Waals surface area contributed by atoms with Crippen molar-refractivity contribution in [2.24, 2.45) is 10.2 Å². The van der Waals surface area contributed by atoms with Gasteiger partial charge in [-0.25, -0.2) is 8.42 Å². The normalized spacial score (nSPS) is 12.7. The zero-order valence-electron chi connectivity index (χ0n) is 21.8. The van der Waals surface area contributed by atoms with Crippen molar-refractivity contribution in [2.45, 2.75) is 23.6 Å². The maximum Gasteiger partial charge on any atom is 0.206 e. The van der Waals surface area contributed by atoms with Crippen molar-refractivity contribution >= 4 is 45.8 Å². The summed E-state index contributed by atoms with van der Waals surface area (Å²) in [5, 5.41) is 8.48. The summed E-state index contributed by atoms with van der Waals surface area (Å²) in [6.07, 6.45) is 7.49. The lowest BCUT2D eigenvalue weighted by Crippen LogP contribution is -2.02. The first-order chi connectivity index (χ1) is 18.9. The number of hydrogen-bond donors (Lipinski definition) is 2. The van der Waals surface area contributed by atoms with Crippen LogP contribution in [0, 0.1) is 0 Å². The lowest BCUT2D eigenvalue weighted by molar-refractivity contribution is 0.596. The summed E-state index contributed by atoms with van der Waals surface area (Å²) >= 11 is 0. The highest BCUT2D eigenvalue weighted by molar-refractivity contribution is 7.91. The third-order valence-corrected chi connectivity index (χ3v) is 7.43. The molecule has 2 N–H and O–H groups in total. The van der Waals surface area contributed by atoms with E-state index in [0.29, 0.717) is 11.4 Å². The zero-order valence-corrected chi connectivity index (χ0v) is 22.6.